The van der Waals surface area contributed by atoms with Gasteiger partial charge in [-0.05, 0) is 0 Å². The normalized spacial score (nSPS) is 10.6. The Kier molecular flexibility index (Phi) is 2.04. The molecule has 8 heteroatoms. The molecule has 0 saturated carbocycles. The summed E-state index contributed by atoms with van der Waals surface area (Å²) in [5.41, 5.74) is -1.15. The Bertz CT molecular complexity index is 607. The second kappa shape index (κ2) is 3.26. The third-order valence-corrected chi connectivity index (χ3v) is 2.01. The van der Waals surface area contributed by atoms with Crippen LogP contribution < -0.4 is 0 Å². The smallest absolute Gasteiger partial charge is 0.357 e. The van der Waals surface area contributed by atoms with E-state index in [4.69, 9.17) is 5.11 Å². The van der Waals surface area contributed by atoms with Gasteiger partial charge in [0, 0.05) is 6.07 Å². The number of nitrogens with zero attached hydrogens (tertiary/aromatic N) is 2. The first-order valence-corrected chi connectivity index (χ1v) is 4.06. The Balaban J connectivity index is 2.90. The molecule has 0 unspecified atom stereocenters. The highest BCUT2D eigenvalue weighted by molar-refractivity contribution is 6.05. The monoisotopic (exact) mass is 225 g/mol. The zero-order chi connectivity index (χ0) is 11.9. The molecule has 2 N–H and O–H groups in total. The van der Waals surface area contributed by atoms with Crippen LogP contribution in [0.5, 0.6) is 0 Å². The van der Waals surface area contributed by atoms with Gasteiger partial charge in [-0.25, -0.2) is 9.18 Å². The number of H-pyrrole nitrogens is 1. The zero-order valence-electron chi connectivity index (χ0n) is 7.60. The summed E-state index contributed by atoms with van der Waals surface area (Å²) in [6, 6.07) is 1.60. The van der Waals surface area contributed by atoms with Crippen LogP contribution in [-0.2, 0) is 0 Å². The molecule has 0 aliphatic carbocycles. The van der Waals surface area contributed by atoms with Gasteiger partial charge in [0.05, 0.1) is 16.5 Å². The maximum atomic E-state index is 13.0. The quantitative estimate of drug-likeness (QED) is 0.591. The van der Waals surface area contributed by atoms with Crippen LogP contribution in [0.15, 0.2) is 12.1 Å². The zero-order valence-corrected chi connectivity index (χ0v) is 7.60. The van der Waals surface area contributed by atoms with Crippen molar-refractivity contribution in [3.63, 3.8) is 0 Å². The van der Waals surface area contributed by atoms with Crippen LogP contribution in [-0.4, -0.2) is 26.2 Å². The van der Waals surface area contributed by atoms with Crippen molar-refractivity contribution in [1.29, 1.82) is 0 Å². The Morgan fingerprint density at radius 2 is 2.25 bits per heavy atom. The molecule has 1 aromatic carbocycles. The van der Waals surface area contributed by atoms with Gasteiger partial charge >= 0.3 is 5.97 Å². The highest BCUT2D eigenvalue weighted by Crippen LogP contribution is 2.28. The fourth-order valence-corrected chi connectivity index (χ4v) is 1.40. The van der Waals surface area contributed by atoms with Crippen molar-refractivity contribution >= 4 is 22.6 Å². The molecular formula is C8H4FN3O4. The third-order valence-electron chi connectivity index (χ3n) is 2.01. The van der Waals surface area contributed by atoms with E-state index < -0.39 is 28.1 Å². The van der Waals surface area contributed by atoms with Crippen LogP contribution in [0.2, 0.25) is 0 Å². The molecule has 7 nitrogen and oxygen atoms in total. The average molecular weight is 225 g/mol. The van der Waals surface area contributed by atoms with E-state index in [1.54, 1.807) is 0 Å². The molecule has 0 amide bonds. The van der Waals surface area contributed by atoms with Crippen LogP contribution in [0.4, 0.5) is 10.1 Å². The van der Waals surface area contributed by atoms with Gasteiger partial charge in [0.2, 0.25) is 0 Å². The van der Waals surface area contributed by atoms with Crippen molar-refractivity contribution in [1.82, 2.24) is 10.2 Å². The van der Waals surface area contributed by atoms with Gasteiger partial charge in [-0.3, -0.25) is 15.2 Å². The average Bonchev–Trinajstić information content (AvgIpc) is 2.59. The number of benzene rings is 1. The number of nitro benzene ring substituents is 1. The van der Waals surface area contributed by atoms with Crippen LogP contribution >= 0.6 is 0 Å². The molecular weight excluding hydrogens is 221 g/mol. The lowest BCUT2D eigenvalue weighted by atomic mass is 10.1. The van der Waals surface area contributed by atoms with Crippen molar-refractivity contribution in [2.24, 2.45) is 0 Å². The summed E-state index contributed by atoms with van der Waals surface area (Å²) in [6.45, 7) is 0. The Labute approximate surface area is 86.6 Å². The predicted octanol–water partition coefficient (Wildman–Crippen LogP) is 1.31. The number of nitrogens with one attached hydrogen (secondary N) is 1. The molecule has 0 aliphatic heterocycles. The SMILES string of the molecule is O=C(O)c1n[nH]c2cc(F)cc([N+](=O)[O-])c12. The number of aromatic nitrogens is 2. The minimum Gasteiger partial charge on any atom is -0.476 e. The standard InChI is InChI=1S/C8H4FN3O4/c9-3-1-4-6(5(2-3)12(15)16)7(8(13)14)11-10-4/h1-2H,(H,10,11)(H,13,14). The number of hydrogen-bond acceptors (Lipinski definition) is 4. The Hall–Kier alpha value is -2.51. The number of hydrogen-bond donors (Lipinski definition) is 2. The lowest BCUT2D eigenvalue weighted by molar-refractivity contribution is -0.383. The van der Waals surface area contributed by atoms with Crippen molar-refractivity contribution < 1.29 is 19.2 Å². The summed E-state index contributed by atoms with van der Waals surface area (Å²) in [6.07, 6.45) is 0. The number of carboxylic acids is 1. The van der Waals surface area contributed by atoms with E-state index in [0.29, 0.717) is 6.07 Å². The van der Waals surface area contributed by atoms with Crippen molar-refractivity contribution in [2.75, 3.05) is 0 Å². The molecule has 0 aliphatic rings. The second-order valence-electron chi connectivity index (χ2n) is 2.98. The molecule has 0 spiro atoms. The van der Waals surface area contributed by atoms with Gasteiger partial charge in [-0.15, -0.1) is 0 Å². The minimum absolute atomic E-state index is 0.0240. The fraction of sp³-hybridized carbons (Fsp3) is 0. The molecule has 2 aromatic rings. The summed E-state index contributed by atoms with van der Waals surface area (Å²) < 4.78 is 13.0. The van der Waals surface area contributed by atoms with Gasteiger partial charge in [0.1, 0.15) is 11.2 Å². The fourth-order valence-electron chi connectivity index (χ4n) is 1.40. The first-order chi connectivity index (χ1) is 7.50. The summed E-state index contributed by atoms with van der Waals surface area (Å²) in [4.78, 5) is 20.5. The van der Waals surface area contributed by atoms with Crippen molar-refractivity contribution in [3.05, 3.63) is 33.8 Å². The number of carboxylic acid groups (broad SMARTS) is 1. The van der Waals surface area contributed by atoms with Gasteiger partial charge in [-0.2, -0.15) is 5.10 Å². The van der Waals surface area contributed by atoms with Crippen LogP contribution in [0.25, 0.3) is 10.9 Å². The Morgan fingerprint density at radius 3 is 2.81 bits per heavy atom. The molecule has 1 aromatic heterocycles. The first kappa shape index (κ1) is 10.0. The highest BCUT2D eigenvalue weighted by atomic mass is 19.1. The number of aromatic carboxylic acids is 1. The number of carbonyl (C=O) groups is 1. The largest absolute Gasteiger partial charge is 0.476 e. The van der Waals surface area contributed by atoms with Gasteiger partial charge < -0.3 is 5.11 Å². The Morgan fingerprint density at radius 1 is 1.56 bits per heavy atom. The molecule has 0 radical (unpaired) electrons. The van der Waals surface area contributed by atoms with E-state index in [-0.39, 0.29) is 10.9 Å². The number of halogens is 1. The molecule has 0 fully saturated rings. The van der Waals surface area contributed by atoms with E-state index in [0.717, 1.165) is 6.07 Å². The number of aromatic amines is 1. The molecule has 0 bridgehead atoms. The van der Waals surface area contributed by atoms with E-state index in [1.807, 2.05) is 0 Å². The number of nitro groups is 1. The molecule has 82 valence electrons. The molecule has 2 rings (SSSR count). The lowest BCUT2D eigenvalue weighted by Crippen LogP contribution is -1.99. The highest BCUT2D eigenvalue weighted by Gasteiger charge is 2.23. The topological polar surface area (TPSA) is 109 Å². The van der Waals surface area contributed by atoms with Crippen LogP contribution in [0, 0.1) is 15.9 Å². The van der Waals surface area contributed by atoms with Crippen molar-refractivity contribution in [3.8, 4) is 0 Å². The van der Waals surface area contributed by atoms with E-state index in [1.165, 1.54) is 0 Å². The van der Waals surface area contributed by atoms with Crippen molar-refractivity contribution in [2.45, 2.75) is 0 Å². The van der Waals surface area contributed by atoms with E-state index in [2.05, 4.69) is 10.2 Å². The number of non-ortho nitro benzene ring substituents is 1. The predicted molar refractivity (Wildman–Crippen MR) is 49.7 cm³/mol. The summed E-state index contributed by atoms with van der Waals surface area (Å²) in [5.74, 6) is -2.25. The molecule has 0 saturated heterocycles. The summed E-state index contributed by atoms with van der Waals surface area (Å²) >= 11 is 0. The van der Waals surface area contributed by atoms with E-state index >= 15 is 0 Å². The molecule has 0 atom stereocenters. The minimum atomic E-state index is -1.42. The molecule has 16 heavy (non-hydrogen) atoms. The lowest BCUT2D eigenvalue weighted by Gasteiger charge is -1.95. The maximum absolute atomic E-state index is 13.0. The van der Waals surface area contributed by atoms with Gasteiger partial charge in [0.25, 0.3) is 5.69 Å². The first-order valence-electron chi connectivity index (χ1n) is 4.06. The molecule has 1 heterocycles. The van der Waals surface area contributed by atoms with E-state index in [9.17, 15) is 19.3 Å². The van der Waals surface area contributed by atoms with Crippen LogP contribution in [0.1, 0.15) is 10.5 Å². The maximum Gasteiger partial charge on any atom is 0.357 e. The number of rotatable bonds is 2. The third kappa shape index (κ3) is 1.36. The second-order valence-corrected chi connectivity index (χ2v) is 2.98. The summed E-state index contributed by atoms with van der Waals surface area (Å²) in [5, 5.41) is 24.8. The number of fused-ring (bicyclic) bond motifs is 1. The van der Waals surface area contributed by atoms with Gasteiger partial charge in [-0.1, -0.05) is 0 Å². The van der Waals surface area contributed by atoms with Crippen LogP contribution in [0.3, 0.4) is 0 Å². The van der Waals surface area contributed by atoms with Gasteiger partial charge in [0.15, 0.2) is 5.69 Å². The summed E-state index contributed by atoms with van der Waals surface area (Å²) in [7, 11) is 0.